The summed E-state index contributed by atoms with van der Waals surface area (Å²) < 4.78 is 6.72. The van der Waals surface area contributed by atoms with Crippen LogP contribution in [0.1, 0.15) is 31.9 Å². The molecule has 1 atom stereocenters. The molecule has 1 aromatic rings. The number of hydrogen-bond donors (Lipinski definition) is 1. The third-order valence-corrected chi connectivity index (χ3v) is 2.74. The number of halogens is 1. The Morgan fingerprint density at radius 2 is 2.25 bits per heavy atom. The summed E-state index contributed by atoms with van der Waals surface area (Å²) in [6.45, 7) is 8.44. The first-order valence-corrected chi connectivity index (χ1v) is 6.12. The van der Waals surface area contributed by atoms with Crippen LogP contribution >= 0.6 is 15.9 Å². The summed E-state index contributed by atoms with van der Waals surface area (Å²) in [5.74, 6) is 0.861. The summed E-state index contributed by atoms with van der Waals surface area (Å²) in [6.07, 6.45) is 0.870. The zero-order valence-electron chi connectivity index (χ0n) is 9.79. The zero-order chi connectivity index (χ0) is 12.1. The maximum atomic E-state index is 5.90. The summed E-state index contributed by atoms with van der Waals surface area (Å²) in [4.78, 5) is 0. The molecule has 0 aliphatic rings. The highest BCUT2D eigenvalue weighted by Gasteiger charge is 2.08. The molecule has 0 amide bonds. The molecule has 16 heavy (non-hydrogen) atoms. The van der Waals surface area contributed by atoms with E-state index in [2.05, 4.69) is 22.5 Å². The zero-order valence-corrected chi connectivity index (χ0v) is 11.4. The van der Waals surface area contributed by atoms with E-state index in [9.17, 15) is 0 Å². The smallest absolute Gasteiger partial charge is 0.124 e. The van der Waals surface area contributed by atoms with Crippen molar-refractivity contribution in [2.24, 2.45) is 5.73 Å². The van der Waals surface area contributed by atoms with Gasteiger partial charge in [-0.3, -0.25) is 0 Å². The number of ether oxygens (including phenoxy) is 1. The monoisotopic (exact) mass is 283 g/mol. The van der Waals surface area contributed by atoms with Crippen LogP contribution in [0.4, 0.5) is 0 Å². The van der Waals surface area contributed by atoms with Crippen molar-refractivity contribution >= 4 is 15.9 Å². The second kappa shape index (κ2) is 6.06. The van der Waals surface area contributed by atoms with Crippen LogP contribution < -0.4 is 10.5 Å². The van der Waals surface area contributed by atoms with Crippen molar-refractivity contribution in [3.8, 4) is 5.75 Å². The van der Waals surface area contributed by atoms with Crippen molar-refractivity contribution in [3.63, 3.8) is 0 Å². The van der Waals surface area contributed by atoms with Gasteiger partial charge in [0.1, 0.15) is 5.75 Å². The van der Waals surface area contributed by atoms with Gasteiger partial charge >= 0.3 is 0 Å². The van der Waals surface area contributed by atoms with Crippen LogP contribution in [-0.2, 0) is 0 Å². The minimum atomic E-state index is -0.0303. The molecule has 0 radical (unpaired) electrons. The number of hydrogen-bond acceptors (Lipinski definition) is 2. The molecule has 3 heteroatoms. The summed E-state index contributed by atoms with van der Waals surface area (Å²) in [7, 11) is 0. The van der Waals surface area contributed by atoms with Gasteiger partial charge in [-0.25, -0.2) is 0 Å². The van der Waals surface area contributed by atoms with E-state index < -0.39 is 0 Å². The van der Waals surface area contributed by atoms with Crippen LogP contribution in [0.5, 0.6) is 5.75 Å². The average Bonchev–Trinajstić information content (AvgIpc) is 2.19. The SMILES string of the molecule is C=C(C)CCOc1ccc(Br)cc1[C@@H](C)N. The molecule has 1 rings (SSSR count). The van der Waals surface area contributed by atoms with E-state index in [0.717, 1.165) is 27.8 Å². The van der Waals surface area contributed by atoms with E-state index in [-0.39, 0.29) is 6.04 Å². The predicted molar refractivity (Wildman–Crippen MR) is 71.7 cm³/mol. The lowest BCUT2D eigenvalue weighted by Crippen LogP contribution is -2.08. The molecule has 0 unspecified atom stereocenters. The van der Waals surface area contributed by atoms with Gasteiger partial charge in [0.05, 0.1) is 6.61 Å². The highest BCUT2D eigenvalue weighted by molar-refractivity contribution is 9.10. The van der Waals surface area contributed by atoms with E-state index in [1.807, 2.05) is 32.0 Å². The van der Waals surface area contributed by atoms with E-state index in [4.69, 9.17) is 10.5 Å². The molecule has 2 nitrogen and oxygen atoms in total. The van der Waals surface area contributed by atoms with Gasteiger partial charge in [0.25, 0.3) is 0 Å². The quantitative estimate of drug-likeness (QED) is 0.834. The molecule has 0 bridgehead atoms. The molecule has 0 aromatic heterocycles. The molecule has 1 aromatic carbocycles. The van der Waals surface area contributed by atoms with Crippen molar-refractivity contribution in [2.75, 3.05) is 6.61 Å². The second-order valence-electron chi connectivity index (χ2n) is 4.03. The Morgan fingerprint density at radius 1 is 1.56 bits per heavy atom. The van der Waals surface area contributed by atoms with Gasteiger partial charge in [-0.05, 0) is 32.0 Å². The highest BCUT2D eigenvalue weighted by atomic mass is 79.9. The van der Waals surface area contributed by atoms with E-state index >= 15 is 0 Å². The summed E-state index contributed by atoms with van der Waals surface area (Å²) in [5, 5.41) is 0. The van der Waals surface area contributed by atoms with Crippen LogP contribution in [0.25, 0.3) is 0 Å². The molecule has 0 aliphatic carbocycles. The molecule has 2 N–H and O–H groups in total. The molecule has 0 heterocycles. The van der Waals surface area contributed by atoms with Crippen molar-refractivity contribution in [2.45, 2.75) is 26.3 Å². The van der Waals surface area contributed by atoms with Gasteiger partial charge in [0.15, 0.2) is 0 Å². The van der Waals surface area contributed by atoms with Gasteiger partial charge in [0.2, 0.25) is 0 Å². The van der Waals surface area contributed by atoms with Crippen LogP contribution in [-0.4, -0.2) is 6.61 Å². The minimum absolute atomic E-state index is 0.0303. The Labute approximate surface area is 106 Å². The van der Waals surface area contributed by atoms with Crippen molar-refractivity contribution in [1.82, 2.24) is 0 Å². The topological polar surface area (TPSA) is 35.2 Å². The molecule has 0 spiro atoms. The Balaban J connectivity index is 2.74. The Morgan fingerprint density at radius 3 is 2.81 bits per heavy atom. The molecule has 88 valence electrons. The summed E-state index contributed by atoms with van der Waals surface area (Å²) in [5.41, 5.74) is 8.05. The third kappa shape index (κ3) is 3.99. The average molecular weight is 284 g/mol. The van der Waals surface area contributed by atoms with Crippen molar-refractivity contribution in [1.29, 1.82) is 0 Å². The van der Waals surface area contributed by atoms with Crippen LogP contribution in [0, 0.1) is 0 Å². The standard InChI is InChI=1S/C13H18BrNO/c1-9(2)6-7-16-13-5-4-11(14)8-12(13)10(3)15/h4-5,8,10H,1,6-7,15H2,2-3H3/t10-/m1/s1. The highest BCUT2D eigenvalue weighted by Crippen LogP contribution is 2.27. The fourth-order valence-corrected chi connectivity index (χ4v) is 1.72. The fourth-order valence-electron chi connectivity index (χ4n) is 1.34. The maximum absolute atomic E-state index is 5.90. The number of rotatable bonds is 5. The minimum Gasteiger partial charge on any atom is -0.493 e. The molecule has 0 aliphatic heterocycles. The second-order valence-corrected chi connectivity index (χ2v) is 4.94. The molecule has 0 fully saturated rings. The fraction of sp³-hybridized carbons (Fsp3) is 0.385. The van der Waals surface area contributed by atoms with Gasteiger partial charge in [-0.1, -0.05) is 21.5 Å². The summed E-state index contributed by atoms with van der Waals surface area (Å²) >= 11 is 3.43. The molecule has 0 saturated carbocycles. The number of benzene rings is 1. The third-order valence-electron chi connectivity index (χ3n) is 2.25. The van der Waals surface area contributed by atoms with Crippen molar-refractivity contribution in [3.05, 3.63) is 40.4 Å². The largest absolute Gasteiger partial charge is 0.493 e. The summed E-state index contributed by atoms with van der Waals surface area (Å²) in [6, 6.07) is 5.88. The molecular weight excluding hydrogens is 266 g/mol. The van der Waals surface area contributed by atoms with E-state index in [1.165, 1.54) is 0 Å². The lowest BCUT2D eigenvalue weighted by atomic mass is 10.1. The van der Waals surface area contributed by atoms with Crippen LogP contribution in [0.2, 0.25) is 0 Å². The molecular formula is C13H18BrNO. The normalized spacial score (nSPS) is 12.2. The number of nitrogens with two attached hydrogens (primary N) is 1. The molecule has 0 saturated heterocycles. The Hall–Kier alpha value is -0.800. The van der Waals surface area contributed by atoms with Gasteiger partial charge in [-0.2, -0.15) is 0 Å². The lowest BCUT2D eigenvalue weighted by Gasteiger charge is -2.14. The first-order valence-electron chi connectivity index (χ1n) is 5.33. The maximum Gasteiger partial charge on any atom is 0.124 e. The van der Waals surface area contributed by atoms with Gasteiger partial charge in [0, 0.05) is 22.5 Å². The van der Waals surface area contributed by atoms with E-state index in [0.29, 0.717) is 6.61 Å². The van der Waals surface area contributed by atoms with Crippen molar-refractivity contribution < 1.29 is 4.74 Å². The Kier molecular flexibility index (Phi) is 5.03. The van der Waals surface area contributed by atoms with Crippen LogP contribution in [0.15, 0.2) is 34.8 Å². The van der Waals surface area contributed by atoms with Crippen LogP contribution in [0.3, 0.4) is 0 Å². The first-order chi connectivity index (χ1) is 7.50. The first kappa shape index (κ1) is 13.3. The Bertz CT molecular complexity index is 374. The van der Waals surface area contributed by atoms with E-state index in [1.54, 1.807) is 0 Å². The van der Waals surface area contributed by atoms with Gasteiger partial charge < -0.3 is 10.5 Å². The lowest BCUT2D eigenvalue weighted by molar-refractivity contribution is 0.317. The predicted octanol–water partition coefficient (Wildman–Crippen LogP) is 3.81. The van der Waals surface area contributed by atoms with Gasteiger partial charge in [-0.15, -0.1) is 6.58 Å².